The number of nitrogens with two attached hydrogens (primary N) is 1. The minimum Gasteiger partial charge on any atom is -0.474 e. The van der Waals surface area contributed by atoms with E-state index in [0.717, 1.165) is 17.8 Å². The van der Waals surface area contributed by atoms with Crippen molar-refractivity contribution in [1.82, 2.24) is 0 Å². The van der Waals surface area contributed by atoms with E-state index in [4.69, 9.17) is 10.5 Å². The topological polar surface area (TPSA) is 35.2 Å². The predicted octanol–water partition coefficient (Wildman–Crippen LogP) is 10.8. The van der Waals surface area contributed by atoms with Crippen LogP contribution in [0.2, 0.25) is 0 Å². The zero-order valence-corrected chi connectivity index (χ0v) is 24.6. The third-order valence-corrected chi connectivity index (χ3v) is 7.80. The van der Waals surface area contributed by atoms with Gasteiger partial charge in [-0.1, -0.05) is 89.0 Å². The first kappa shape index (κ1) is 31.8. The summed E-state index contributed by atoms with van der Waals surface area (Å²) in [5.41, 5.74) is 7.85. The number of allylic oxidation sites excluding steroid dienone is 5. The van der Waals surface area contributed by atoms with E-state index in [1.165, 1.54) is 109 Å². The molecule has 2 rings (SSSR count). The molecular weight excluding hydrogens is 426 g/mol. The highest BCUT2D eigenvalue weighted by Crippen LogP contribution is 2.57. The summed E-state index contributed by atoms with van der Waals surface area (Å²) in [5.74, 6) is 1.46. The van der Waals surface area contributed by atoms with E-state index in [1.54, 1.807) is 5.57 Å². The first-order valence-electron chi connectivity index (χ1n) is 15.2. The van der Waals surface area contributed by atoms with Gasteiger partial charge in [-0.15, -0.1) is 0 Å². The van der Waals surface area contributed by atoms with E-state index in [9.17, 15) is 0 Å². The van der Waals surface area contributed by atoms with Crippen LogP contribution in [0.25, 0.3) is 0 Å². The molecule has 0 aromatic carbocycles. The van der Waals surface area contributed by atoms with Gasteiger partial charge in [0.2, 0.25) is 0 Å². The molecule has 0 heterocycles. The van der Waals surface area contributed by atoms with Gasteiger partial charge in [-0.3, -0.25) is 0 Å². The molecule has 2 aliphatic carbocycles. The van der Waals surface area contributed by atoms with Gasteiger partial charge in [0.15, 0.2) is 5.88 Å². The summed E-state index contributed by atoms with van der Waals surface area (Å²) in [7, 11) is 0. The van der Waals surface area contributed by atoms with Gasteiger partial charge in [0.1, 0.15) is 5.60 Å². The second kappa shape index (κ2) is 18.1. The number of ether oxygens (including phenoxy) is 1. The Balaban J connectivity index is 0.000000518. The Kier molecular flexibility index (Phi) is 16.5. The lowest BCUT2D eigenvalue weighted by Gasteiger charge is -2.24. The second-order valence-electron chi connectivity index (χ2n) is 12.2. The molecule has 2 fully saturated rings. The summed E-state index contributed by atoms with van der Waals surface area (Å²) in [6.07, 6.45) is 34.4. The maximum Gasteiger partial charge on any atom is 0.180 e. The summed E-state index contributed by atoms with van der Waals surface area (Å²) in [4.78, 5) is 0. The molecule has 204 valence electrons. The van der Waals surface area contributed by atoms with Crippen LogP contribution in [0.3, 0.4) is 0 Å². The zero-order chi connectivity index (χ0) is 26.0. The largest absolute Gasteiger partial charge is 0.474 e. The van der Waals surface area contributed by atoms with Crippen LogP contribution in [0.5, 0.6) is 0 Å². The van der Waals surface area contributed by atoms with Crippen molar-refractivity contribution in [2.45, 2.75) is 163 Å². The second-order valence-corrected chi connectivity index (χ2v) is 12.2. The van der Waals surface area contributed by atoms with Crippen molar-refractivity contribution >= 4 is 0 Å². The SMILES string of the molecule is C/C=C/CCCCCCCCCCCC1(C(C)CC=C2CCC2)CC1.CC/C=C(/N)OC(C)(C)C. The minimum atomic E-state index is -0.171. The molecule has 2 N–H and O–H groups in total. The minimum absolute atomic E-state index is 0.171. The zero-order valence-electron chi connectivity index (χ0n) is 24.6. The normalized spacial score (nSPS) is 18.0. The summed E-state index contributed by atoms with van der Waals surface area (Å²) < 4.78 is 5.32. The highest BCUT2D eigenvalue weighted by Gasteiger charge is 2.45. The van der Waals surface area contributed by atoms with Gasteiger partial charge < -0.3 is 10.5 Å². The number of hydrogen-bond acceptors (Lipinski definition) is 2. The summed E-state index contributed by atoms with van der Waals surface area (Å²) >= 11 is 0. The highest BCUT2D eigenvalue weighted by atomic mass is 16.5. The summed E-state index contributed by atoms with van der Waals surface area (Å²) in [6.45, 7) is 12.6. The summed E-state index contributed by atoms with van der Waals surface area (Å²) in [6, 6.07) is 0. The predicted molar refractivity (Wildman–Crippen MR) is 156 cm³/mol. The van der Waals surface area contributed by atoms with Crippen LogP contribution in [0, 0.1) is 11.3 Å². The molecule has 0 aliphatic heterocycles. The highest BCUT2D eigenvalue weighted by molar-refractivity contribution is 5.11. The number of hydrogen-bond donors (Lipinski definition) is 1. The van der Waals surface area contributed by atoms with Gasteiger partial charge in [-0.25, -0.2) is 0 Å². The first-order chi connectivity index (χ1) is 16.7. The molecule has 1 unspecified atom stereocenters. The Morgan fingerprint density at radius 1 is 0.971 bits per heavy atom. The van der Waals surface area contributed by atoms with E-state index in [2.05, 4.69) is 32.1 Å². The third kappa shape index (κ3) is 16.2. The van der Waals surface area contributed by atoms with Crippen molar-refractivity contribution in [1.29, 1.82) is 0 Å². The third-order valence-electron chi connectivity index (χ3n) is 7.80. The lowest BCUT2D eigenvalue weighted by atomic mass is 9.81. The molecular formula is C33H61NO. The molecule has 0 aromatic rings. The van der Waals surface area contributed by atoms with Crippen molar-refractivity contribution in [3.63, 3.8) is 0 Å². The molecule has 0 amide bonds. The molecule has 0 saturated heterocycles. The fraction of sp³-hybridized carbons (Fsp3) is 0.818. The fourth-order valence-corrected chi connectivity index (χ4v) is 5.07. The van der Waals surface area contributed by atoms with E-state index in [1.807, 2.05) is 33.8 Å². The Labute approximate surface area is 220 Å². The summed E-state index contributed by atoms with van der Waals surface area (Å²) in [5, 5.41) is 0. The average molecular weight is 488 g/mol. The van der Waals surface area contributed by atoms with Crippen molar-refractivity contribution in [3.05, 3.63) is 35.8 Å². The molecule has 2 nitrogen and oxygen atoms in total. The van der Waals surface area contributed by atoms with Crippen LogP contribution in [0.1, 0.15) is 157 Å². The van der Waals surface area contributed by atoms with E-state index < -0.39 is 0 Å². The van der Waals surface area contributed by atoms with Gasteiger partial charge in [-0.05, 0) is 109 Å². The molecule has 2 saturated carbocycles. The maximum absolute atomic E-state index is 5.51. The van der Waals surface area contributed by atoms with Crippen molar-refractivity contribution in [2.24, 2.45) is 17.1 Å². The molecule has 0 spiro atoms. The van der Waals surface area contributed by atoms with Crippen LogP contribution in [-0.2, 0) is 4.74 Å². The van der Waals surface area contributed by atoms with E-state index >= 15 is 0 Å². The van der Waals surface area contributed by atoms with Gasteiger partial charge >= 0.3 is 0 Å². The Morgan fingerprint density at radius 2 is 1.54 bits per heavy atom. The molecule has 0 aromatic heterocycles. The molecule has 2 heteroatoms. The smallest absolute Gasteiger partial charge is 0.180 e. The van der Waals surface area contributed by atoms with E-state index in [-0.39, 0.29) is 5.60 Å². The van der Waals surface area contributed by atoms with Gasteiger partial charge in [0.25, 0.3) is 0 Å². The van der Waals surface area contributed by atoms with Gasteiger partial charge in [0.05, 0.1) is 0 Å². The van der Waals surface area contributed by atoms with Crippen molar-refractivity contribution in [2.75, 3.05) is 0 Å². The Bertz CT molecular complexity index is 611. The Hall–Kier alpha value is -1.18. The average Bonchev–Trinajstić information content (AvgIpc) is 3.54. The van der Waals surface area contributed by atoms with Crippen molar-refractivity contribution < 1.29 is 4.74 Å². The lowest BCUT2D eigenvalue weighted by molar-refractivity contribution is 0.0500. The van der Waals surface area contributed by atoms with Crippen LogP contribution in [-0.4, -0.2) is 5.60 Å². The maximum atomic E-state index is 5.51. The van der Waals surface area contributed by atoms with Crippen LogP contribution in [0.15, 0.2) is 35.8 Å². The van der Waals surface area contributed by atoms with Crippen LogP contribution in [0.4, 0.5) is 0 Å². The number of rotatable bonds is 17. The first-order valence-corrected chi connectivity index (χ1v) is 15.2. The quantitative estimate of drug-likeness (QED) is 0.126. The van der Waals surface area contributed by atoms with Gasteiger partial charge in [-0.2, -0.15) is 0 Å². The fourth-order valence-electron chi connectivity index (χ4n) is 5.07. The van der Waals surface area contributed by atoms with Gasteiger partial charge in [0, 0.05) is 0 Å². The molecule has 0 bridgehead atoms. The molecule has 0 radical (unpaired) electrons. The molecule has 2 aliphatic rings. The molecule has 35 heavy (non-hydrogen) atoms. The van der Waals surface area contributed by atoms with E-state index in [0.29, 0.717) is 5.88 Å². The van der Waals surface area contributed by atoms with Crippen molar-refractivity contribution in [3.8, 4) is 0 Å². The number of unbranched alkanes of at least 4 members (excludes halogenated alkanes) is 9. The molecule has 1 atom stereocenters. The monoisotopic (exact) mass is 487 g/mol. The lowest BCUT2D eigenvalue weighted by Crippen LogP contribution is -2.21. The van der Waals surface area contributed by atoms with Crippen LogP contribution >= 0.6 is 0 Å². The Morgan fingerprint density at radius 3 is 2.00 bits per heavy atom. The van der Waals surface area contributed by atoms with Crippen LogP contribution < -0.4 is 5.73 Å². The standard InChI is InChI=1S/C25H44.C8H17NO/c1-3-4-5-6-7-8-9-10-11-12-13-14-20-25(21-22-25)23(2)18-19-24-16-15-17-24;1-5-6-7(9)10-8(2,3)4/h3-4,19,23H,5-18,20-22H2,1-2H3;6H,5,9H2,1-4H3/b4-3+;7-6-.